The monoisotopic (exact) mass is 567 g/mol. The third kappa shape index (κ3) is 8.56. The van der Waals surface area contributed by atoms with Gasteiger partial charge >= 0.3 is 6.09 Å². The minimum absolute atomic E-state index is 0.00827. The van der Waals surface area contributed by atoms with Crippen molar-refractivity contribution in [1.29, 1.82) is 0 Å². The van der Waals surface area contributed by atoms with Gasteiger partial charge in [-0.3, -0.25) is 9.78 Å². The van der Waals surface area contributed by atoms with Crippen LogP contribution in [-0.2, 0) is 4.79 Å². The molecule has 1 fully saturated rings. The van der Waals surface area contributed by atoms with Crippen LogP contribution in [0.15, 0.2) is 48.7 Å². The normalized spacial score (nSPS) is 18.9. The van der Waals surface area contributed by atoms with E-state index < -0.39 is 20.5 Å². The summed E-state index contributed by atoms with van der Waals surface area (Å²) in [5.74, 6) is 0.765. The first-order chi connectivity index (χ1) is 18.5. The number of carbonyl (C=O) groups excluding carboxylic acids is 1. The van der Waals surface area contributed by atoms with Gasteiger partial charge in [0.1, 0.15) is 5.75 Å². The Balaban J connectivity index is 1.88. The van der Waals surface area contributed by atoms with Crippen molar-refractivity contribution in [2.24, 2.45) is 17.3 Å². The van der Waals surface area contributed by atoms with Crippen LogP contribution in [0.1, 0.15) is 79.3 Å². The van der Waals surface area contributed by atoms with Crippen LogP contribution < -0.4 is 14.6 Å². The second kappa shape index (κ2) is 12.3. The third-order valence-corrected chi connectivity index (χ3v) is 12.9. The predicted octanol–water partition coefficient (Wildman–Crippen LogP) is 7.70. The predicted molar refractivity (Wildman–Crippen MR) is 165 cm³/mol. The standard InChI is InChI=1S/C32H49N3O4Si/c1-22(17-18-31(2,3)4)28(34-30(37)38)21-35(29(36)26-20-25(26)27-12-10-11-19-33-27)23-13-15-24(16-14-23)39-40(8,9)32(5,6)7/h10-16,19,22,25-26,28,34H,17-18,20-21H2,1-9H3,(H,37,38)/t22-,25?,26?,28+/m0/s1. The quantitative estimate of drug-likeness (QED) is 0.271. The lowest BCUT2D eigenvalue weighted by Crippen LogP contribution is -2.49. The molecule has 1 aliphatic carbocycles. The molecule has 2 aromatic rings. The third-order valence-electron chi connectivity index (χ3n) is 8.49. The fourth-order valence-electron chi connectivity index (χ4n) is 4.64. The van der Waals surface area contributed by atoms with Gasteiger partial charge in [0.25, 0.3) is 0 Å². The summed E-state index contributed by atoms with van der Waals surface area (Å²) in [4.78, 5) is 32.1. The Morgan fingerprint density at radius 2 is 1.75 bits per heavy atom. The highest BCUT2D eigenvalue weighted by Gasteiger charge is 2.47. The van der Waals surface area contributed by atoms with Gasteiger partial charge in [0.2, 0.25) is 14.2 Å². The number of aromatic nitrogens is 1. The van der Waals surface area contributed by atoms with E-state index in [0.717, 1.165) is 36.4 Å². The van der Waals surface area contributed by atoms with E-state index in [1.165, 1.54) is 0 Å². The molecule has 40 heavy (non-hydrogen) atoms. The number of amides is 2. The molecule has 3 rings (SSSR count). The lowest BCUT2D eigenvalue weighted by Gasteiger charge is -2.36. The van der Waals surface area contributed by atoms with Crippen molar-refractivity contribution in [3.8, 4) is 5.75 Å². The number of nitrogens with one attached hydrogen (secondary N) is 1. The maximum atomic E-state index is 14.0. The smallest absolute Gasteiger partial charge is 0.404 e. The van der Waals surface area contributed by atoms with E-state index in [4.69, 9.17) is 4.43 Å². The van der Waals surface area contributed by atoms with E-state index in [-0.39, 0.29) is 40.7 Å². The molecule has 0 bridgehead atoms. The Hall–Kier alpha value is -2.87. The highest BCUT2D eigenvalue weighted by atomic mass is 28.4. The molecular formula is C32H49N3O4Si. The van der Waals surface area contributed by atoms with Gasteiger partial charge in [0, 0.05) is 36.0 Å². The summed E-state index contributed by atoms with van der Waals surface area (Å²) in [5, 5.41) is 12.5. The number of pyridine rings is 1. The summed E-state index contributed by atoms with van der Waals surface area (Å²) < 4.78 is 6.47. The molecule has 0 spiro atoms. The highest BCUT2D eigenvalue weighted by molar-refractivity contribution is 6.74. The molecule has 2 N–H and O–H groups in total. The molecule has 0 saturated heterocycles. The summed E-state index contributed by atoms with van der Waals surface area (Å²) >= 11 is 0. The molecule has 0 aliphatic heterocycles. The van der Waals surface area contributed by atoms with Crippen molar-refractivity contribution >= 4 is 26.0 Å². The van der Waals surface area contributed by atoms with Crippen molar-refractivity contribution in [3.63, 3.8) is 0 Å². The van der Waals surface area contributed by atoms with Crippen LogP contribution in [0.5, 0.6) is 5.75 Å². The van der Waals surface area contributed by atoms with Crippen molar-refractivity contribution < 1.29 is 19.1 Å². The molecule has 1 heterocycles. The number of anilines is 1. The van der Waals surface area contributed by atoms with Gasteiger partial charge in [-0.1, -0.05) is 54.5 Å². The lowest BCUT2D eigenvalue weighted by molar-refractivity contribution is -0.120. The van der Waals surface area contributed by atoms with E-state index in [2.05, 4.69) is 71.9 Å². The Morgan fingerprint density at radius 3 is 2.27 bits per heavy atom. The van der Waals surface area contributed by atoms with Gasteiger partial charge in [-0.2, -0.15) is 0 Å². The Morgan fingerprint density at radius 1 is 1.10 bits per heavy atom. The van der Waals surface area contributed by atoms with Gasteiger partial charge in [-0.15, -0.1) is 0 Å². The second-order valence-corrected chi connectivity index (χ2v) is 18.9. The van der Waals surface area contributed by atoms with Crippen molar-refractivity contribution in [3.05, 3.63) is 54.4 Å². The van der Waals surface area contributed by atoms with Crippen LogP contribution in [0.2, 0.25) is 18.1 Å². The number of carboxylic acid groups (broad SMARTS) is 1. The summed E-state index contributed by atoms with van der Waals surface area (Å²) in [7, 11) is -2.01. The molecule has 220 valence electrons. The molecule has 1 saturated carbocycles. The Bertz CT molecular complexity index is 1140. The van der Waals surface area contributed by atoms with Crippen LogP contribution in [0, 0.1) is 17.3 Å². The zero-order valence-corrected chi connectivity index (χ0v) is 26.8. The zero-order valence-electron chi connectivity index (χ0n) is 25.8. The molecule has 1 aromatic heterocycles. The number of rotatable bonds is 11. The van der Waals surface area contributed by atoms with E-state index in [0.29, 0.717) is 0 Å². The van der Waals surface area contributed by atoms with E-state index in [1.807, 2.05) is 42.5 Å². The molecule has 1 aromatic carbocycles. The van der Waals surface area contributed by atoms with Gasteiger partial charge in [0.15, 0.2) is 0 Å². The lowest BCUT2D eigenvalue weighted by atomic mass is 9.85. The number of benzene rings is 1. The maximum Gasteiger partial charge on any atom is 0.404 e. The average Bonchev–Trinajstić information content (AvgIpc) is 3.65. The number of carbonyl (C=O) groups is 2. The highest BCUT2D eigenvalue weighted by Crippen LogP contribution is 2.48. The van der Waals surface area contributed by atoms with Gasteiger partial charge in [-0.25, -0.2) is 4.79 Å². The van der Waals surface area contributed by atoms with Crippen LogP contribution >= 0.6 is 0 Å². The Labute approximate surface area is 241 Å². The first kappa shape index (κ1) is 31.7. The summed E-state index contributed by atoms with van der Waals surface area (Å²) in [6, 6.07) is 13.1. The van der Waals surface area contributed by atoms with E-state index in [9.17, 15) is 14.7 Å². The number of hydrogen-bond acceptors (Lipinski definition) is 4. The zero-order chi connectivity index (χ0) is 29.9. The summed E-state index contributed by atoms with van der Waals surface area (Å²) in [6.45, 7) is 19.9. The number of nitrogens with zero attached hydrogens (tertiary/aromatic N) is 2. The van der Waals surface area contributed by atoms with Gasteiger partial charge < -0.3 is 19.7 Å². The van der Waals surface area contributed by atoms with Gasteiger partial charge in [-0.05, 0) is 85.1 Å². The number of hydrogen-bond donors (Lipinski definition) is 2. The molecule has 4 atom stereocenters. The fraction of sp³-hybridized carbons (Fsp3) is 0.594. The molecule has 0 radical (unpaired) electrons. The fourth-order valence-corrected chi connectivity index (χ4v) is 5.67. The maximum absolute atomic E-state index is 14.0. The molecule has 2 amide bonds. The van der Waals surface area contributed by atoms with Crippen LogP contribution in [-0.4, -0.2) is 43.0 Å². The van der Waals surface area contributed by atoms with Crippen molar-refractivity contribution in [1.82, 2.24) is 10.3 Å². The summed E-state index contributed by atoms with van der Waals surface area (Å²) in [5.41, 5.74) is 1.82. The van der Waals surface area contributed by atoms with Crippen LogP contribution in [0.3, 0.4) is 0 Å². The minimum Gasteiger partial charge on any atom is -0.544 e. The van der Waals surface area contributed by atoms with Crippen LogP contribution in [0.25, 0.3) is 0 Å². The topological polar surface area (TPSA) is 91.8 Å². The first-order valence-corrected chi connectivity index (χ1v) is 17.4. The molecule has 7 nitrogen and oxygen atoms in total. The first-order valence-electron chi connectivity index (χ1n) is 14.5. The van der Waals surface area contributed by atoms with E-state index >= 15 is 0 Å². The van der Waals surface area contributed by atoms with Crippen LogP contribution in [0.4, 0.5) is 10.5 Å². The molecular weight excluding hydrogens is 518 g/mol. The van der Waals surface area contributed by atoms with Crippen molar-refractivity contribution in [2.75, 3.05) is 11.4 Å². The Kier molecular flexibility index (Phi) is 9.76. The van der Waals surface area contributed by atoms with Crippen molar-refractivity contribution in [2.45, 2.75) is 97.8 Å². The van der Waals surface area contributed by atoms with Gasteiger partial charge in [0.05, 0.1) is 6.04 Å². The largest absolute Gasteiger partial charge is 0.544 e. The molecule has 2 unspecified atom stereocenters. The summed E-state index contributed by atoms with van der Waals surface area (Å²) in [6.07, 6.45) is 3.25. The second-order valence-electron chi connectivity index (χ2n) is 14.1. The van der Waals surface area contributed by atoms with E-state index in [1.54, 1.807) is 11.1 Å². The minimum atomic E-state index is -2.01. The molecule has 8 heteroatoms. The average molecular weight is 568 g/mol. The SMILES string of the molecule is C[C@@H](CCC(C)(C)C)[C@@H](CN(C(=O)C1CC1c1ccccn1)c1ccc(O[Si](C)(C)C(C)(C)C)cc1)NC(=O)O. The molecule has 1 aliphatic rings.